The second-order valence-corrected chi connectivity index (χ2v) is 5.01. The summed E-state index contributed by atoms with van der Waals surface area (Å²) >= 11 is 0. The van der Waals surface area contributed by atoms with E-state index in [4.69, 9.17) is 15.6 Å². The summed E-state index contributed by atoms with van der Waals surface area (Å²) in [4.78, 5) is 23.4. The van der Waals surface area contributed by atoms with E-state index in [1.807, 2.05) is 0 Å². The number of aliphatic carboxylic acids is 1. The van der Waals surface area contributed by atoms with Crippen LogP contribution in [0.4, 0.5) is 11.4 Å². The van der Waals surface area contributed by atoms with Crippen LogP contribution in [-0.2, 0) is 4.79 Å². The van der Waals surface area contributed by atoms with Gasteiger partial charge in [0.1, 0.15) is 11.3 Å². The zero-order chi connectivity index (χ0) is 15.6. The molecule has 1 unspecified atom stereocenters. The highest BCUT2D eigenvalue weighted by Gasteiger charge is 2.41. The number of benzene rings is 1. The lowest BCUT2D eigenvalue weighted by molar-refractivity contribution is -0.384. The van der Waals surface area contributed by atoms with Gasteiger partial charge in [-0.05, 0) is 13.3 Å². The van der Waals surface area contributed by atoms with E-state index < -0.39 is 16.4 Å². The number of non-ortho nitro benzene ring substituents is 1. The molecule has 1 aliphatic rings. The summed E-state index contributed by atoms with van der Waals surface area (Å²) in [5.41, 5.74) is 4.94. The Kier molecular flexibility index (Phi) is 3.99. The Morgan fingerprint density at radius 3 is 2.81 bits per heavy atom. The third-order valence-electron chi connectivity index (χ3n) is 3.49. The molecule has 0 radical (unpaired) electrons. The molecule has 1 fully saturated rings. The van der Waals surface area contributed by atoms with E-state index in [0.717, 1.165) is 0 Å². The standard InChI is InChI=1S/C13H17N3O5/c1-2-21-11-6-9(5-10(7-11)16(19)20)15-4-3-13(14,8-15)12(17)18/h5-7H,2-4,8,14H2,1H3,(H,17,18). The minimum atomic E-state index is -1.32. The topological polar surface area (TPSA) is 119 Å². The molecule has 0 spiro atoms. The van der Waals surface area contributed by atoms with Gasteiger partial charge in [0.15, 0.2) is 0 Å². The maximum atomic E-state index is 11.2. The average Bonchev–Trinajstić information content (AvgIpc) is 2.83. The molecule has 2 rings (SSSR count). The second kappa shape index (κ2) is 5.57. The number of rotatable bonds is 5. The molecule has 1 atom stereocenters. The van der Waals surface area contributed by atoms with Gasteiger partial charge >= 0.3 is 5.97 Å². The van der Waals surface area contributed by atoms with Crippen molar-refractivity contribution in [2.45, 2.75) is 18.9 Å². The molecule has 21 heavy (non-hydrogen) atoms. The number of ether oxygens (including phenoxy) is 1. The summed E-state index contributed by atoms with van der Waals surface area (Å²) in [5, 5.41) is 20.1. The molecular weight excluding hydrogens is 278 g/mol. The SMILES string of the molecule is CCOc1cc(N2CCC(N)(C(=O)O)C2)cc([N+](=O)[O-])c1. The Hall–Kier alpha value is -2.35. The first kappa shape index (κ1) is 15.0. The number of nitro benzene ring substituents is 1. The van der Waals surface area contributed by atoms with Crippen molar-refractivity contribution in [2.75, 3.05) is 24.6 Å². The van der Waals surface area contributed by atoms with Crippen LogP contribution in [0.15, 0.2) is 18.2 Å². The van der Waals surface area contributed by atoms with E-state index in [2.05, 4.69) is 0 Å². The third kappa shape index (κ3) is 3.05. The number of carboxylic acids is 1. The van der Waals surface area contributed by atoms with E-state index in [9.17, 15) is 14.9 Å². The maximum absolute atomic E-state index is 11.2. The quantitative estimate of drug-likeness (QED) is 0.614. The van der Waals surface area contributed by atoms with Gasteiger partial charge < -0.3 is 20.5 Å². The molecule has 0 bridgehead atoms. The van der Waals surface area contributed by atoms with Crippen LogP contribution in [0.25, 0.3) is 0 Å². The molecule has 0 saturated carbocycles. The number of nitro groups is 1. The van der Waals surface area contributed by atoms with Crippen molar-refractivity contribution in [1.82, 2.24) is 0 Å². The Bertz CT molecular complexity index is 577. The largest absolute Gasteiger partial charge is 0.494 e. The van der Waals surface area contributed by atoms with Crippen LogP contribution in [0, 0.1) is 10.1 Å². The molecule has 8 nitrogen and oxygen atoms in total. The van der Waals surface area contributed by atoms with E-state index in [1.54, 1.807) is 17.9 Å². The van der Waals surface area contributed by atoms with E-state index >= 15 is 0 Å². The summed E-state index contributed by atoms with van der Waals surface area (Å²) in [6.07, 6.45) is 0.287. The highest BCUT2D eigenvalue weighted by molar-refractivity contribution is 5.81. The molecule has 1 aromatic carbocycles. The first-order chi connectivity index (χ1) is 9.85. The van der Waals surface area contributed by atoms with Crippen LogP contribution in [0.1, 0.15) is 13.3 Å². The zero-order valence-corrected chi connectivity index (χ0v) is 11.6. The van der Waals surface area contributed by atoms with Gasteiger partial charge in [-0.1, -0.05) is 0 Å². The van der Waals surface area contributed by atoms with Crippen LogP contribution in [-0.4, -0.2) is 41.2 Å². The molecule has 1 aliphatic heterocycles. The van der Waals surface area contributed by atoms with Gasteiger partial charge in [-0.25, -0.2) is 0 Å². The summed E-state index contributed by atoms with van der Waals surface area (Å²) in [6.45, 7) is 2.70. The number of carbonyl (C=O) groups is 1. The molecule has 1 aromatic rings. The highest BCUT2D eigenvalue weighted by atomic mass is 16.6. The lowest BCUT2D eigenvalue weighted by Crippen LogP contribution is -2.50. The number of nitrogens with two attached hydrogens (primary N) is 1. The number of hydrogen-bond donors (Lipinski definition) is 2. The fraction of sp³-hybridized carbons (Fsp3) is 0.462. The molecule has 0 aliphatic carbocycles. The molecule has 1 heterocycles. The van der Waals surface area contributed by atoms with Crippen LogP contribution in [0.2, 0.25) is 0 Å². The molecule has 3 N–H and O–H groups in total. The van der Waals surface area contributed by atoms with Gasteiger partial charge in [0.05, 0.1) is 17.6 Å². The Labute approximate surface area is 121 Å². The van der Waals surface area contributed by atoms with Crippen LogP contribution >= 0.6 is 0 Å². The van der Waals surface area contributed by atoms with Gasteiger partial charge in [-0.2, -0.15) is 0 Å². The molecule has 0 aromatic heterocycles. The van der Waals surface area contributed by atoms with Gasteiger partial charge in [-0.15, -0.1) is 0 Å². The first-order valence-corrected chi connectivity index (χ1v) is 6.55. The van der Waals surface area contributed by atoms with Crippen molar-refractivity contribution in [3.8, 4) is 5.75 Å². The first-order valence-electron chi connectivity index (χ1n) is 6.55. The van der Waals surface area contributed by atoms with Gasteiger partial charge in [0, 0.05) is 30.9 Å². The monoisotopic (exact) mass is 295 g/mol. The molecule has 114 valence electrons. The van der Waals surface area contributed by atoms with Crippen molar-refractivity contribution in [2.24, 2.45) is 5.73 Å². The fourth-order valence-corrected chi connectivity index (χ4v) is 2.33. The van der Waals surface area contributed by atoms with Crippen molar-refractivity contribution in [1.29, 1.82) is 0 Å². The summed E-state index contributed by atoms with van der Waals surface area (Å²) in [5.74, 6) is -0.688. The van der Waals surface area contributed by atoms with Crippen molar-refractivity contribution < 1.29 is 19.6 Å². The van der Waals surface area contributed by atoms with Crippen LogP contribution in [0.5, 0.6) is 5.75 Å². The van der Waals surface area contributed by atoms with E-state index in [0.29, 0.717) is 24.6 Å². The van der Waals surface area contributed by atoms with Gasteiger partial charge in [0.2, 0.25) is 0 Å². The lowest BCUT2D eigenvalue weighted by atomic mass is 10.0. The number of hydrogen-bond acceptors (Lipinski definition) is 6. The number of nitrogens with zero attached hydrogens (tertiary/aromatic N) is 2. The van der Waals surface area contributed by atoms with E-state index in [1.165, 1.54) is 12.1 Å². The molecule has 1 saturated heterocycles. The molecule has 8 heteroatoms. The minimum absolute atomic E-state index is 0.0965. The van der Waals surface area contributed by atoms with E-state index in [-0.39, 0.29) is 18.7 Å². The highest BCUT2D eigenvalue weighted by Crippen LogP contribution is 2.32. The van der Waals surface area contributed by atoms with Crippen LogP contribution < -0.4 is 15.4 Å². The maximum Gasteiger partial charge on any atom is 0.325 e. The number of carboxylic acid groups (broad SMARTS) is 1. The summed E-state index contributed by atoms with van der Waals surface area (Å²) < 4.78 is 5.32. The average molecular weight is 295 g/mol. The summed E-state index contributed by atoms with van der Waals surface area (Å²) in [6, 6.07) is 4.40. The smallest absolute Gasteiger partial charge is 0.325 e. The minimum Gasteiger partial charge on any atom is -0.494 e. The van der Waals surface area contributed by atoms with Gasteiger partial charge in [0.25, 0.3) is 5.69 Å². The van der Waals surface area contributed by atoms with Crippen molar-refractivity contribution in [3.05, 3.63) is 28.3 Å². The third-order valence-corrected chi connectivity index (χ3v) is 3.49. The Morgan fingerprint density at radius 1 is 1.57 bits per heavy atom. The van der Waals surface area contributed by atoms with Crippen molar-refractivity contribution in [3.63, 3.8) is 0 Å². The predicted octanol–water partition coefficient (Wildman–Crippen LogP) is 0.986. The Morgan fingerprint density at radius 2 is 2.29 bits per heavy atom. The Balaban J connectivity index is 2.31. The lowest BCUT2D eigenvalue weighted by Gasteiger charge is -2.22. The fourth-order valence-electron chi connectivity index (χ4n) is 2.33. The van der Waals surface area contributed by atoms with Crippen LogP contribution in [0.3, 0.4) is 0 Å². The molecular formula is C13H17N3O5. The number of anilines is 1. The van der Waals surface area contributed by atoms with Crippen molar-refractivity contribution >= 4 is 17.3 Å². The second-order valence-electron chi connectivity index (χ2n) is 5.01. The molecule has 0 amide bonds. The normalized spacial score (nSPS) is 21.3. The van der Waals surface area contributed by atoms with Gasteiger partial charge in [-0.3, -0.25) is 14.9 Å². The summed E-state index contributed by atoms with van der Waals surface area (Å²) in [7, 11) is 0. The zero-order valence-electron chi connectivity index (χ0n) is 11.6. The predicted molar refractivity (Wildman–Crippen MR) is 75.6 cm³/mol.